The van der Waals surface area contributed by atoms with Crippen LogP contribution in [0.25, 0.3) is 0 Å². The summed E-state index contributed by atoms with van der Waals surface area (Å²) in [6, 6.07) is 10.5. The SMILES string of the molecule is CC1=C(CSCc2ccccc2)C2=CC3(CC3)[C@@](C)(O)C(=O)C2=C1. The van der Waals surface area contributed by atoms with Gasteiger partial charge in [-0.05, 0) is 55.0 Å². The zero-order valence-corrected chi connectivity index (χ0v) is 15.0. The number of carbonyl (C=O) groups is 1. The lowest BCUT2D eigenvalue weighted by Gasteiger charge is -2.35. The summed E-state index contributed by atoms with van der Waals surface area (Å²) < 4.78 is 0. The van der Waals surface area contributed by atoms with E-state index in [0.717, 1.165) is 29.9 Å². The van der Waals surface area contributed by atoms with Crippen molar-refractivity contribution in [2.24, 2.45) is 5.41 Å². The summed E-state index contributed by atoms with van der Waals surface area (Å²) in [5.41, 5.74) is 3.99. The highest BCUT2D eigenvalue weighted by atomic mass is 32.2. The number of thioether (sulfide) groups is 1. The highest BCUT2D eigenvalue weighted by molar-refractivity contribution is 7.98. The molecule has 1 spiro atoms. The first-order valence-electron chi connectivity index (χ1n) is 8.48. The number of ketones is 1. The maximum Gasteiger partial charge on any atom is 0.195 e. The van der Waals surface area contributed by atoms with Gasteiger partial charge in [0.05, 0.1) is 0 Å². The van der Waals surface area contributed by atoms with Crippen molar-refractivity contribution in [1.82, 2.24) is 0 Å². The van der Waals surface area contributed by atoms with E-state index < -0.39 is 5.60 Å². The summed E-state index contributed by atoms with van der Waals surface area (Å²) in [4.78, 5) is 12.8. The van der Waals surface area contributed by atoms with Crippen LogP contribution in [0.3, 0.4) is 0 Å². The zero-order valence-electron chi connectivity index (χ0n) is 14.1. The Balaban J connectivity index is 1.55. The summed E-state index contributed by atoms with van der Waals surface area (Å²) in [6.45, 7) is 3.76. The van der Waals surface area contributed by atoms with Gasteiger partial charge in [0.1, 0.15) is 5.60 Å². The Hall–Kier alpha value is -1.58. The van der Waals surface area contributed by atoms with Gasteiger partial charge < -0.3 is 5.11 Å². The van der Waals surface area contributed by atoms with E-state index in [4.69, 9.17) is 0 Å². The average Bonchev–Trinajstić information content (AvgIpc) is 3.29. The molecular weight excluding hydrogens is 316 g/mol. The third kappa shape index (κ3) is 2.34. The molecule has 0 heterocycles. The van der Waals surface area contributed by atoms with E-state index in [9.17, 15) is 9.90 Å². The Morgan fingerprint density at radius 1 is 1.12 bits per heavy atom. The number of carbonyl (C=O) groups excluding carboxylic acids is 1. The van der Waals surface area contributed by atoms with Crippen LogP contribution in [0.5, 0.6) is 0 Å². The van der Waals surface area contributed by atoms with E-state index in [2.05, 4.69) is 37.3 Å². The molecule has 3 heteroatoms. The molecule has 0 radical (unpaired) electrons. The van der Waals surface area contributed by atoms with Gasteiger partial charge in [0.25, 0.3) is 0 Å². The molecule has 124 valence electrons. The summed E-state index contributed by atoms with van der Waals surface area (Å²) >= 11 is 1.88. The number of fused-ring (bicyclic) bond motifs is 1. The standard InChI is InChI=1S/C21H22O2S/c1-14-10-16-17(11-21(8-9-21)20(2,23)19(16)22)18(14)13-24-12-15-6-4-3-5-7-15/h3-7,10-11,23H,8-9,12-13H2,1-2H3/t20-/m0/s1. The summed E-state index contributed by atoms with van der Waals surface area (Å²) in [7, 11) is 0. The Labute approximate surface area is 147 Å². The van der Waals surface area contributed by atoms with Crippen molar-refractivity contribution < 1.29 is 9.90 Å². The van der Waals surface area contributed by atoms with Crippen LogP contribution in [0.15, 0.2) is 64.8 Å². The Kier molecular flexibility index (Phi) is 3.63. The van der Waals surface area contributed by atoms with E-state index in [1.165, 1.54) is 16.7 Å². The van der Waals surface area contributed by atoms with Crippen molar-refractivity contribution in [3.8, 4) is 0 Å². The van der Waals surface area contributed by atoms with Crippen molar-refractivity contribution in [2.75, 3.05) is 5.75 Å². The fraction of sp³-hybridized carbons (Fsp3) is 0.381. The van der Waals surface area contributed by atoms with Crippen molar-refractivity contribution in [3.05, 3.63) is 70.3 Å². The molecular formula is C21H22O2S. The first-order chi connectivity index (χ1) is 11.4. The lowest BCUT2D eigenvalue weighted by Crippen LogP contribution is -2.47. The predicted molar refractivity (Wildman–Crippen MR) is 98.8 cm³/mol. The van der Waals surface area contributed by atoms with E-state index >= 15 is 0 Å². The molecule has 1 atom stereocenters. The van der Waals surface area contributed by atoms with Crippen LogP contribution < -0.4 is 0 Å². The fourth-order valence-electron chi connectivity index (χ4n) is 3.82. The largest absolute Gasteiger partial charge is 0.381 e. The second-order valence-corrected chi connectivity index (χ2v) is 8.30. The predicted octanol–water partition coefficient (Wildman–Crippen LogP) is 4.22. The molecule has 0 aliphatic heterocycles. The molecule has 0 unspecified atom stereocenters. The number of rotatable bonds is 4. The van der Waals surface area contributed by atoms with Gasteiger partial charge in [-0.15, -0.1) is 0 Å². The third-order valence-electron chi connectivity index (χ3n) is 5.68. The number of benzene rings is 1. The number of allylic oxidation sites excluding steroid dienone is 3. The van der Waals surface area contributed by atoms with Gasteiger partial charge in [0.15, 0.2) is 5.78 Å². The maximum absolute atomic E-state index is 12.8. The quantitative estimate of drug-likeness (QED) is 0.893. The van der Waals surface area contributed by atoms with Crippen LogP contribution in [0.4, 0.5) is 0 Å². The molecule has 2 nitrogen and oxygen atoms in total. The molecule has 1 N–H and O–H groups in total. The lowest BCUT2D eigenvalue weighted by atomic mass is 9.72. The number of aliphatic hydroxyl groups is 1. The first-order valence-corrected chi connectivity index (χ1v) is 9.64. The van der Waals surface area contributed by atoms with Gasteiger partial charge in [-0.2, -0.15) is 11.8 Å². The highest BCUT2D eigenvalue weighted by Crippen LogP contribution is 2.61. The topological polar surface area (TPSA) is 37.3 Å². The zero-order chi connectivity index (χ0) is 16.9. The van der Waals surface area contributed by atoms with Crippen LogP contribution in [-0.2, 0) is 10.5 Å². The first kappa shape index (κ1) is 15.9. The summed E-state index contributed by atoms with van der Waals surface area (Å²) in [5, 5.41) is 10.7. The van der Waals surface area contributed by atoms with Gasteiger partial charge in [0.2, 0.25) is 0 Å². The second kappa shape index (κ2) is 5.47. The molecule has 1 fully saturated rings. The monoisotopic (exact) mass is 338 g/mol. The van der Waals surface area contributed by atoms with Crippen LogP contribution >= 0.6 is 11.8 Å². The van der Waals surface area contributed by atoms with Crippen LogP contribution in [0.1, 0.15) is 32.3 Å². The van der Waals surface area contributed by atoms with E-state index in [1.807, 2.05) is 23.9 Å². The van der Waals surface area contributed by atoms with Crippen molar-refractivity contribution in [2.45, 2.75) is 38.0 Å². The molecule has 1 aromatic rings. The molecule has 1 saturated carbocycles. The molecule has 3 aliphatic rings. The van der Waals surface area contributed by atoms with Crippen LogP contribution in [-0.4, -0.2) is 22.2 Å². The fourth-order valence-corrected chi connectivity index (χ4v) is 4.93. The van der Waals surface area contributed by atoms with E-state index in [1.54, 1.807) is 6.92 Å². The summed E-state index contributed by atoms with van der Waals surface area (Å²) in [6.07, 6.45) is 5.98. The number of hydrogen-bond acceptors (Lipinski definition) is 3. The minimum atomic E-state index is -1.24. The molecule has 0 amide bonds. The van der Waals surface area contributed by atoms with E-state index in [0.29, 0.717) is 5.57 Å². The molecule has 0 saturated heterocycles. The van der Waals surface area contributed by atoms with Gasteiger partial charge in [-0.25, -0.2) is 0 Å². The maximum atomic E-state index is 12.8. The average molecular weight is 338 g/mol. The highest BCUT2D eigenvalue weighted by Gasteiger charge is 2.62. The molecule has 24 heavy (non-hydrogen) atoms. The number of Topliss-reactive ketones (excluding diaryl/α,β-unsaturated/α-hetero) is 1. The lowest BCUT2D eigenvalue weighted by molar-refractivity contribution is -0.137. The minimum absolute atomic E-state index is 0.0973. The Bertz CT molecular complexity index is 792. The Morgan fingerprint density at radius 2 is 1.83 bits per heavy atom. The van der Waals surface area contributed by atoms with Crippen molar-refractivity contribution in [1.29, 1.82) is 0 Å². The molecule has 1 aromatic carbocycles. The molecule has 0 bridgehead atoms. The second-order valence-electron chi connectivity index (χ2n) is 7.31. The summed E-state index contributed by atoms with van der Waals surface area (Å²) in [5.74, 6) is 1.77. The van der Waals surface area contributed by atoms with Gasteiger partial charge in [-0.3, -0.25) is 4.79 Å². The molecule has 3 aliphatic carbocycles. The van der Waals surface area contributed by atoms with Gasteiger partial charge in [0, 0.05) is 22.5 Å². The minimum Gasteiger partial charge on any atom is -0.381 e. The Morgan fingerprint density at radius 3 is 2.50 bits per heavy atom. The number of hydrogen-bond donors (Lipinski definition) is 1. The molecule has 4 rings (SSSR count). The van der Waals surface area contributed by atoms with E-state index in [-0.39, 0.29) is 11.2 Å². The van der Waals surface area contributed by atoms with Crippen molar-refractivity contribution in [3.63, 3.8) is 0 Å². The van der Waals surface area contributed by atoms with Crippen LogP contribution in [0, 0.1) is 5.41 Å². The van der Waals surface area contributed by atoms with Crippen molar-refractivity contribution >= 4 is 17.5 Å². The smallest absolute Gasteiger partial charge is 0.195 e. The van der Waals surface area contributed by atoms with Gasteiger partial charge in [-0.1, -0.05) is 36.4 Å². The molecule has 0 aromatic heterocycles. The normalized spacial score (nSPS) is 27.2. The van der Waals surface area contributed by atoms with Gasteiger partial charge >= 0.3 is 0 Å². The van der Waals surface area contributed by atoms with Crippen LogP contribution in [0.2, 0.25) is 0 Å². The third-order valence-corrected chi connectivity index (χ3v) is 6.71.